The molecule has 0 amide bonds. The van der Waals surface area contributed by atoms with Gasteiger partial charge in [-0.2, -0.15) is 0 Å². The molecule has 0 N–H and O–H groups in total. The fraction of sp³-hybridized carbons (Fsp3) is 0. The minimum atomic E-state index is -0.0457. The topological polar surface area (TPSA) is 47.8 Å². The minimum Gasteiger partial charge on any atom is -0.268 e. The maximum Gasteiger partial charge on any atom is 0.265 e. The lowest BCUT2D eigenvalue weighted by molar-refractivity contribution is 0.0968. The molecule has 3 rings (SSSR count). The molecule has 1 aliphatic rings. The van der Waals surface area contributed by atoms with E-state index in [1.807, 2.05) is 18.2 Å². The highest BCUT2D eigenvalue weighted by molar-refractivity contribution is 6.07. The van der Waals surface area contributed by atoms with E-state index in [9.17, 15) is 4.79 Å². The summed E-state index contributed by atoms with van der Waals surface area (Å²) in [7, 11) is 0. The number of hydrogen-bond acceptors (Lipinski definition) is 3. The molecule has 1 aliphatic heterocycles. The molecule has 0 fully saturated rings. The Morgan fingerprint density at radius 3 is 2.77 bits per heavy atom. The van der Waals surface area contributed by atoms with E-state index >= 15 is 0 Å². The summed E-state index contributed by atoms with van der Waals surface area (Å²) >= 11 is 0. The summed E-state index contributed by atoms with van der Waals surface area (Å²) in [6.45, 7) is 0. The van der Waals surface area contributed by atoms with Crippen LogP contribution in [-0.2, 0) is 0 Å². The SMILES string of the molecule is O=C1c2ccccc2-c2nncn21. The second kappa shape index (κ2) is 2.04. The molecule has 0 bridgehead atoms. The molecule has 62 valence electrons. The van der Waals surface area contributed by atoms with Crippen LogP contribution in [0.25, 0.3) is 11.4 Å². The summed E-state index contributed by atoms with van der Waals surface area (Å²) in [5.41, 5.74) is 1.57. The van der Waals surface area contributed by atoms with Crippen LogP contribution in [0.5, 0.6) is 0 Å². The molecular formula is C9H5N3O. The van der Waals surface area contributed by atoms with Gasteiger partial charge in [0.25, 0.3) is 5.91 Å². The third kappa shape index (κ3) is 0.672. The molecule has 0 unspecified atom stereocenters. The van der Waals surface area contributed by atoms with Gasteiger partial charge in [0.05, 0.1) is 5.56 Å². The van der Waals surface area contributed by atoms with Gasteiger partial charge in [-0.1, -0.05) is 18.2 Å². The molecule has 1 aromatic heterocycles. The molecule has 1 aromatic carbocycles. The molecular weight excluding hydrogens is 166 g/mol. The third-order valence-corrected chi connectivity index (χ3v) is 2.16. The van der Waals surface area contributed by atoms with Gasteiger partial charge in [0.2, 0.25) is 0 Å². The molecule has 4 heteroatoms. The highest BCUT2D eigenvalue weighted by atomic mass is 16.2. The molecule has 0 radical (unpaired) electrons. The van der Waals surface area contributed by atoms with E-state index in [0.29, 0.717) is 11.4 Å². The lowest BCUT2D eigenvalue weighted by Crippen LogP contribution is -2.03. The number of rotatable bonds is 0. The van der Waals surface area contributed by atoms with Gasteiger partial charge in [0.15, 0.2) is 5.82 Å². The van der Waals surface area contributed by atoms with Crippen LogP contribution in [0.4, 0.5) is 0 Å². The van der Waals surface area contributed by atoms with E-state index in [0.717, 1.165) is 5.56 Å². The third-order valence-electron chi connectivity index (χ3n) is 2.16. The zero-order valence-corrected chi connectivity index (χ0v) is 6.64. The summed E-state index contributed by atoms with van der Waals surface area (Å²) < 4.78 is 1.46. The van der Waals surface area contributed by atoms with E-state index in [1.54, 1.807) is 6.07 Å². The molecule has 0 aliphatic carbocycles. The van der Waals surface area contributed by atoms with Gasteiger partial charge in [-0.05, 0) is 6.07 Å². The molecule has 0 saturated carbocycles. The number of aromatic nitrogens is 3. The molecule has 4 nitrogen and oxygen atoms in total. The summed E-state index contributed by atoms with van der Waals surface area (Å²) in [4.78, 5) is 11.6. The highest BCUT2D eigenvalue weighted by Crippen LogP contribution is 2.28. The monoisotopic (exact) mass is 171 g/mol. The van der Waals surface area contributed by atoms with Crippen LogP contribution in [0.3, 0.4) is 0 Å². The van der Waals surface area contributed by atoms with E-state index in [4.69, 9.17) is 0 Å². The van der Waals surface area contributed by atoms with Crippen LogP contribution >= 0.6 is 0 Å². The van der Waals surface area contributed by atoms with Gasteiger partial charge < -0.3 is 0 Å². The molecule has 0 saturated heterocycles. The van der Waals surface area contributed by atoms with Crippen molar-refractivity contribution in [1.29, 1.82) is 0 Å². The van der Waals surface area contributed by atoms with Crippen molar-refractivity contribution in [2.45, 2.75) is 0 Å². The van der Waals surface area contributed by atoms with Gasteiger partial charge in [-0.3, -0.25) is 4.79 Å². The zero-order chi connectivity index (χ0) is 8.84. The Morgan fingerprint density at radius 1 is 1.15 bits per heavy atom. The molecule has 0 atom stereocenters. The van der Waals surface area contributed by atoms with Crippen LogP contribution < -0.4 is 0 Å². The maximum atomic E-state index is 11.6. The minimum absolute atomic E-state index is 0.0457. The average Bonchev–Trinajstić information content (AvgIpc) is 2.72. The smallest absolute Gasteiger partial charge is 0.265 e. The summed E-state index contributed by atoms with van der Waals surface area (Å²) in [5.74, 6) is 0.594. The Labute approximate surface area is 73.8 Å². The van der Waals surface area contributed by atoms with Gasteiger partial charge in [0.1, 0.15) is 6.33 Å². The number of hydrogen-bond donors (Lipinski definition) is 0. The van der Waals surface area contributed by atoms with Crippen LogP contribution in [-0.4, -0.2) is 20.7 Å². The largest absolute Gasteiger partial charge is 0.268 e. The number of nitrogens with zero attached hydrogens (tertiary/aromatic N) is 3. The number of benzene rings is 1. The van der Waals surface area contributed by atoms with Gasteiger partial charge in [0, 0.05) is 5.56 Å². The van der Waals surface area contributed by atoms with Gasteiger partial charge in [-0.15, -0.1) is 10.2 Å². The Kier molecular flexibility index (Phi) is 1.02. The van der Waals surface area contributed by atoms with Crippen LogP contribution in [0.2, 0.25) is 0 Å². The first kappa shape index (κ1) is 6.54. The number of carbonyl (C=O) groups excluding carboxylic acids is 1. The maximum absolute atomic E-state index is 11.6. The van der Waals surface area contributed by atoms with Crippen LogP contribution in [0.15, 0.2) is 30.6 Å². The number of fused-ring (bicyclic) bond motifs is 3. The zero-order valence-electron chi connectivity index (χ0n) is 6.64. The van der Waals surface area contributed by atoms with Gasteiger partial charge >= 0.3 is 0 Å². The average molecular weight is 171 g/mol. The van der Waals surface area contributed by atoms with E-state index < -0.39 is 0 Å². The Hall–Kier alpha value is -1.97. The molecule has 13 heavy (non-hydrogen) atoms. The van der Waals surface area contributed by atoms with Crippen molar-refractivity contribution in [2.24, 2.45) is 0 Å². The standard InChI is InChI=1S/C9H5N3O/c13-9-7-4-2-1-3-6(7)8-11-10-5-12(8)9/h1-5H. The van der Waals surface area contributed by atoms with Crippen molar-refractivity contribution >= 4 is 5.91 Å². The van der Waals surface area contributed by atoms with Gasteiger partial charge in [-0.25, -0.2) is 4.57 Å². The molecule has 2 heterocycles. The van der Waals surface area contributed by atoms with Crippen molar-refractivity contribution in [1.82, 2.24) is 14.8 Å². The van der Waals surface area contributed by atoms with E-state index in [2.05, 4.69) is 10.2 Å². The molecule has 2 aromatic rings. The van der Waals surface area contributed by atoms with Crippen molar-refractivity contribution in [3.63, 3.8) is 0 Å². The lowest BCUT2D eigenvalue weighted by Gasteiger charge is -1.91. The first-order valence-corrected chi connectivity index (χ1v) is 3.92. The Morgan fingerprint density at radius 2 is 1.92 bits per heavy atom. The summed E-state index contributed by atoms with van der Waals surface area (Å²) in [5, 5.41) is 7.57. The number of carbonyl (C=O) groups is 1. The van der Waals surface area contributed by atoms with Crippen molar-refractivity contribution in [2.75, 3.05) is 0 Å². The first-order chi connectivity index (χ1) is 6.38. The van der Waals surface area contributed by atoms with Crippen molar-refractivity contribution in [3.05, 3.63) is 36.2 Å². The Balaban J connectivity index is 2.43. The summed E-state index contributed by atoms with van der Waals surface area (Å²) in [6.07, 6.45) is 1.44. The van der Waals surface area contributed by atoms with E-state index in [1.165, 1.54) is 10.9 Å². The second-order valence-corrected chi connectivity index (χ2v) is 2.88. The van der Waals surface area contributed by atoms with E-state index in [-0.39, 0.29) is 5.91 Å². The van der Waals surface area contributed by atoms with Crippen molar-refractivity contribution in [3.8, 4) is 11.4 Å². The van der Waals surface area contributed by atoms with Crippen LogP contribution in [0.1, 0.15) is 10.4 Å². The second-order valence-electron chi connectivity index (χ2n) is 2.88. The van der Waals surface area contributed by atoms with Crippen LogP contribution in [0, 0.1) is 0 Å². The predicted molar refractivity (Wildman–Crippen MR) is 45.2 cm³/mol. The summed E-state index contributed by atoms with van der Waals surface area (Å²) in [6, 6.07) is 7.40. The first-order valence-electron chi connectivity index (χ1n) is 3.92. The van der Waals surface area contributed by atoms with Crippen molar-refractivity contribution < 1.29 is 4.79 Å². The predicted octanol–water partition coefficient (Wildman–Crippen LogP) is 0.947. The Bertz CT molecular complexity index is 501. The quantitative estimate of drug-likeness (QED) is 0.506. The fourth-order valence-corrected chi connectivity index (χ4v) is 1.56. The normalized spacial score (nSPS) is 12.8. The lowest BCUT2D eigenvalue weighted by atomic mass is 10.1. The fourth-order valence-electron chi connectivity index (χ4n) is 1.56. The highest BCUT2D eigenvalue weighted by Gasteiger charge is 2.26. The molecule has 0 spiro atoms.